The second-order valence-electron chi connectivity index (χ2n) is 11.4. The van der Waals surface area contributed by atoms with E-state index in [4.69, 9.17) is 0 Å². The Bertz CT molecular complexity index is 1260. The highest BCUT2D eigenvalue weighted by atomic mass is 32.2. The lowest BCUT2D eigenvalue weighted by molar-refractivity contribution is 0.590. The van der Waals surface area contributed by atoms with Crippen LogP contribution < -0.4 is 0 Å². The van der Waals surface area contributed by atoms with Crippen LogP contribution in [0.5, 0.6) is 0 Å². The minimum absolute atomic E-state index is 0.187. The van der Waals surface area contributed by atoms with Gasteiger partial charge in [0.05, 0.1) is 9.52 Å². The van der Waals surface area contributed by atoms with Crippen LogP contribution in [0.1, 0.15) is 83.5 Å². The van der Waals surface area contributed by atoms with Gasteiger partial charge >= 0.3 is 0 Å². The van der Waals surface area contributed by atoms with Crippen molar-refractivity contribution in [1.29, 1.82) is 0 Å². The van der Waals surface area contributed by atoms with Gasteiger partial charge in [-0.3, -0.25) is 0 Å². The van der Waals surface area contributed by atoms with Gasteiger partial charge in [-0.1, -0.05) is 122 Å². The molecule has 2 heteroatoms. The molecule has 2 unspecified atom stereocenters. The van der Waals surface area contributed by atoms with Crippen LogP contribution in [0.3, 0.4) is 0 Å². The zero-order chi connectivity index (χ0) is 24.2. The van der Waals surface area contributed by atoms with E-state index in [2.05, 4.69) is 103 Å². The highest BCUT2D eigenvalue weighted by Crippen LogP contribution is 2.53. The fourth-order valence-corrected chi connectivity index (χ4v) is 9.92. The first kappa shape index (κ1) is 23.7. The van der Waals surface area contributed by atoms with E-state index in [9.17, 15) is 0 Å². The third-order valence-corrected chi connectivity index (χ3v) is 11.9. The number of hydrogen-bond acceptors (Lipinski definition) is 1. The Kier molecular flexibility index (Phi) is 6.19. The molecule has 0 amide bonds. The summed E-state index contributed by atoms with van der Waals surface area (Å²) in [4.78, 5) is 3.10. The SMILES string of the molecule is CCCC1=Cc2c(-c3ccc(C(C)(C)C)cc3)cccc2C1[SiH2]C1=C(C)C2C(=C1)SC(C)=C2C. The summed E-state index contributed by atoms with van der Waals surface area (Å²) >= 11 is 2.02. The Balaban J connectivity index is 1.51. The predicted octanol–water partition coefficient (Wildman–Crippen LogP) is 8.89. The molecule has 2 aliphatic carbocycles. The topological polar surface area (TPSA) is 0 Å². The fraction of sp³-hybridized carbons (Fsp3) is 0.375. The molecule has 0 bridgehead atoms. The molecule has 5 rings (SSSR count). The lowest BCUT2D eigenvalue weighted by Crippen LogP contribution is -2.12. The molecule has 3 aliphatic rings. The largest absolute Gasteiger partial charge is 0.0983 e. The molecule has 0 spiro atoms. The van der Waals surface area contributed by atoms with Gasteiger partial charge in [0.2, 0.25) is 0 Å². The highest BCUT2D eigenvalue weighted by molar-refractivity contribution is 8.07. The number of fused-ring (bicyclic) bond motifs is 2. The maximum absolute atomic E-state index is 2.58. The summed E-state index contributed by atoms with van der Waals surface area (Å²) in [6, 6.07) is 16.3. The Morgan fingerprint density at radius 3 is 2.29 bits per heavy atom. The predicted molar refractivity (Wildman–Crippen MR) is 155 cm³/mol. The molecule has 0 N–H and O–H groups in total. The molecule has 0 fully saturated rings. The Morgan fingerprint density at radius 1 is 0.912 bits per heavy atom. The lowest BCUT2D eigenvalue weighted by atomic mass is 9.86. The second kappa shape index (κ2) is 8.88. The third kappa shape index (κ3) is 4.03. The first-order chi connectivity index (χ1) is 16.2. The van der Waals surface area contributed by atoms with Crippen LogP contribution in [0.4, 0.5) is 0 Å². The molecule has 2 aromatic rings. The molecule has 1 heterocycles. The van der Waals surface area contributed by atoms with Crippen molar-refractivity contribution in [3.8, 4) is 11.1 Å². The van der Waals surface area contributed by atoms with Crippen LogP contribution in [0.2, 0.25) is 0 Å². The molecule has 176 valence electrons. The Morgan fingerprint density at radius 2 is 1.65 bits per heavy atom. The van der Waals surface area contributed by atoms with Gasteiger partial charge in [0.15, 0.2) is 0 Å². The third-order valence-electron chi connectivity index (χ3n) is 8.12. The van der Waals surface area contributed by atoms with Crippen LogP contribution in [0.15, 0.2) is 80.3 Å². The van der Waals surface area contributed by atoms with Crippen molar-refractivity contribution in [2.45, 2.75) is 72.3 Å². The van der Waals surface area contributed by atoms with E-state index >= 15 is 0 Å². The molecule has 2 aromatic carbocycles. The Hall–Kier alpha value is -2.03. The van der Waals surface area contributed by atoms with Gasteiger partial charge in [0, 0.05) is 10.8 Å². The zero-order valence-electron chi connectivity index (χ0n) is 21.9. The van der Waals surface area contributed by atoms with E-state index in [0.29, 0.717) is 11.5 Å². The summed E-state index contributed by atoms with van der Waals surface area (Å²) in [6.07, 6.45) is 7.58. The lowest BCUT2D eigenvalue weighted by Gasteiger charge is -2.20. The van der Waals surface area contributed by atoms with Gasteiger partial charge in [0.1, 0.15) is 0 Å². The summed E-state index contributed by atoms with van der Waals surface area (Å²) in [5.74, 6) is 0.583. The number of rotatable bonds is 5. The minimum Gasteiger partial charge on any atom is -0.0983 e. The van der Waals surface area contributed by atoms with Crippen molar-refractivity contribution >= 4 is 27.4 Å². The van der Waals surface area contributed by atoms with Gasteiger partial charge in [-0.2, -0.15) is 0 Å². The molecule has 0 nitrogen and oxygen atoms in total. The van der Waals surface area contributed by atoms with Crippen LogP contribution in [0, 0.1) is 5.92 Å². The van der Waals surface area contributed by atoms with E-state index < -0.39 is 9.52 Å². The fourth-order valence-electron chi connectivity index (χ4n) is 6.01. The molecule has 1 aliphatic heterocycles. The molecular weight excluding hydrogens is 445 g/mol. The summed E-state index contributed by atoms with van der Waals surface area (Å²) in [7, 11) is -0.460. The van der Waals surface area contributed by atoms with Crippen molar-refractivity contribution < 1.29 is 0 Å². The normalized spacial score (nSPS) is 22.1. The second-order valence-corrected chi connectivity index (χ2v) is 14.7. The number of benzene rings is 2. The van der Waals surface area contributed by atoms with Crippen molar-refractivity contribution in [1.82, 2.24) is 0 Å². The summed E-state index contributed by atoms with van der Waals surface area (Å²) in [6.45, 7) is 16.2. The summed E-state index contributed by atoms with van der Waals surface area (Å²) in [5, 5.41) is 1.71. The van der Waals surface area contributed by atoms with Gasteiger partial charge in [0.25, 0.3) is 0 Å². The van der Waals surface area contributed by atoms with Crippen molar-refractivity contribution in [2.24, 2.45) is 5.92 Å². The van der Waals surface area contributed by atoms with Crippen LogP contribution in [0.25, 0.3) is 17.2 Å². The molecule has 2 atom stereocenters. The molecule has 0 saturated carbocycles. The number of allylic oxidation sites excluding steroid dienone is 7. The van der Waals surface area contributed by atoms with Crippen LogP contribution >= 0.6 is 11.8 Å². The molecule has 0 radical (unpaired) electrons. The average molecular weight is 483 g/mol. The minimum atomic E-state index is -0.460. The van der Waals surface area contributed by atoms with Gasteiger partial charge in [-0.25, -0.2) is 0 Å². The monoisotopic (exact) mass is 482 g/mol. The number of thioether (sulfide) groups is 1. The van der Waals surface area contributed by atoms with Gasteiger partial charge in [-0.15, -0.1) is 0 Å². The maximum Gasteiger partial charge on any atom is 0.0675 e. The van der Waals surface area contributed by atoms with E-state index in [-0.39, 0.29) is 5.41 Å². The van der Waals surface area contributed by atoms with Gasteiger partial charge in [-0.05, 0) is 70.9 Å². The maximum atomic E-state index is 2.58. The van der Waals surface area contributed by atoms with Gasteiger partial charge < -0.3 is 0 Å². The molecule has 0 aromatic heterocycles. The summed E-state index contributed by atoms with van der Waals surface area (Å²) in [5.41, 5.74) is 12.9. The quantitative estimate of drug-likeness (QED) is 0.383. The van der Waals surface area contributed by atoms with E-state index in [1.54, 1.807) is 32.4 Å². The summed E-state index contributed by atoms with van der Waals surface area (Å²) < 4.78 is 0. The molecular formula is C32H38SSi. The van der Waals surface area contributed by atoms with Crippen LogP contribution in [-0.4, -0.2) is 9.52 Å². The first-order valence-corrected chi connectivity index (χ1v) is 15.2. The average Bonchev–Trinajstić information content (AvgIpc) is 3.40. The van der Waals surface area contributed by atoms with E-state index in [1.165, 1.54) is 40.0 Å². The molecule has 34 heavy (non-hydrogen) atoms. The number of hydrogen-bond donors (Lipinski definition) is 0. The van der Waals surface area contributed by atoms with Crippen molar-refractivity contribution in [3.05, 3.63) is 97.0 Å². The highest BCUT2D eigenvalue weighted by Gasteiger charge is 2.35. The smallest absolute Gasteiger partial charge is 0.0675 e. The van der Waals surface area contributed by atoms with Crippen molar-refractivity contribution in [2.75, 3.05) is 0 Å². The van der Waals surface area contributed by atoms with Crippen LogP contribution in [-0.2, 0) is 5.41 Å². The van der Waals surface area contributed by atoms with E-state index in [0.717, 1.165) is 0 Å². The van der Waals surface area contributed by atoms with Crippen molar-refractivity contribution in [3.63, 3.8) is 0 Å². The standard InChI is InChI=1S/C32H38SSi/c1-8-10-23-17-27-25(22-13-15-24(16-14-22)32(5,6)7)11-9-12-26(27)31(23)34-29-18-28-30(20(29)3)19(2)21(4)33-28/h9,11-18,30-31H,8,10,34H2,1-7H3. The first-order valence-electron chi connectivity index (χ1n) is 12.9. The van der Waals surface area contributed by atoms with E-state index in [1.807, 2.05) is 11.8 Å². The Labute approximate surface area is 213 Å². The molecule has 0 saturated heterocycles. The zero-order valence-corrected chi connectivity index (χ0v) is 24.1.